The molecule has 0 aromatic carbocycles. The molecule has 1 N–H and O–H groups in total. The van der Waals surface area contributed by atoms with E-state index in [0.717, 1.165) is 30.6 Å². The molecular weight excluding hydrogens is 414 g/mol. The van der Waals surface area contributed by atoms with Crippen LogP contribution in [0.5, 0.6) is 0 Å². The lowest BCUT2D eigenvalue weighted by Gasteiger charge is -2.64. The number of esters is 2. The van der Waals surface area contributed by atoms with Crippen LogP contribution in [0.1, 0.15) is 91.8 Å². The number of rotatable bonds is 6. The van der Waals surface area contributed by atoms with Crippen molar-refractivity contribution >= 4 is 34.2 Å². The Hall–Kier alpha value is -1.89. The van der Waals surface area contributed by atoms with Crippen molar-refractivity contribution in [1.82, 2.24) is 0 Å². The second-order valence-electron chi connectivity index (χ2n) is 10.6. The van der Waals surface area contributed by atoms with Gasteiger partial charge in [-0.2, -0.15) is 0 Å². The third kappa shape index (κ3) is 3.79. The quantitative estimate of drug-likeness (QED) is 0.595. The molecule has 2 atom stereocenters. The summed E-state index contributed by atoms with van der Waals surface area (Å²) in [7, 11) is 0. The summed E-state index contributed by atoms with van der Waals surface area (Å²) in [5, 5.41) is 3.47. The topological polar surface area (TPSA) is 81.7 Å². The zero-order chi connectivity index (χ0) is 22.6. The Balaban J connectivity index is 1.67. The molecule has 1 heterocycles. The molecule has 1 amide bonds. The Morgan fingerprint density at radius 2 is 1.55 bits per heavy atom. The Morgan fingerprint density at radius 1 is 0.968 bits per heavy atom. The van der Waals surface area contributed by atoms with Crippen molar-refractivity contribution in [2.24, 2.45) is 22.2 Å². The summed E-state index contributed by atoms with van der Waals surface area (Å²) >= 11 is 1.11. The van der Waals surface area contributed by atoms with Crippen LogP contribution in [0.3, 0.4) is 0 Å². The summed E-state index contributed by atoms with van der Waals surface area (Å²) < 4.78 is 10.4. The van der Waals surface area contributed by atoms with Gasteiger partial charge in [-0.25, -0.2) is 9.59 Å². The number of thiophene rings is 1. The van der Waals surface area contributed by atoms with Crippen molar-refractivity contribution in [2.45, 2.75) is 73.1 Å². The Kier molecular flexibility index (Phi) is 5.48. The second kappa shape index (κ2) is 7.61. The summed E-state index contributed by atoms with van der Waals surface area (Å²) in [5.74, 6) is -0.435. The van der Waals surface area contributed by atoms with E-state index in [9.17, 15) is 14.4 Å². The van der Waals surface area contributed by atoms with Gasteiger partial charge in [0.05, 0.1) is 24.2 Å². The van der Waals surface area contributed by atoms with E-state index in [1.807, 2.05) is 0 Å². The van der Waals surface area contributed by atoms with Crippen molar-refractivity contribution in [3.05, 3.63) is 16.0 Å². The fourth-order valence-corrected chi connectivity index (χ4v) is 8.46. The van der Waals surface area contributed by atoms with Gasteiger partial charge in [0.1, 0.15) is 9.88 Å². The molecule has 7 heteroatoms. The van der Waals surface area contributed by atoms with Crippen LogP contribution in [-0.4, -0.2) is 31.1 Å². The lowest BCUT2D eigenvalue weighted by atomic mass is 9.40. The normalized spacial score (nSPS) is 33.3. The number of hydrogen-bond acceptors (Lipinski definition) is 6. The number of carbonyl (C=O) groups is 3. The SMILES string of the molecule is CCOC(=O)c1sc(NC(=O)C23CC4CC(C)(CC(C)(C4)C2)C3)c(C(=O)OCC)c1C. The number of anilines is 1. The van der Waals surface area contributed by atoms with Crippen molar-refractivity contribution < 1.29 is 23.9 Å². The number of ether oxygens (including phenoxy) is 2. The monoisotopic (exact) mass is 447 g/mol. The predicted octanol–water partition coefficient (Wildman–Crippen LogP) is 5.35. The number of nitrogens with one attached hydrogen (secondary N) is 1. The van der Waals surface area contributed by atoms with Gasteiger partial charge < -0.3 is 14.8 Å². The maximum atomic E-state index is 13.7. The van der Waals surface area contributed by atoms with Gasteiger partial charge in [0.25, 0.3) is 0 Å². The molecule has 5 rings (SSSR count). The highest BCUT2D eigenvalue weighted by molar-refractivity contribution is 7.18. The van der Waals surface area contributed by atoms with E-state index in [2.05, 4.69) is 19.2 Å². The van der Waals surface area contributed by atoms with Crippen molar-refractivity contribution in [2.75, 3.05) is 18.5 Å². The number of hydrogen-bond donors (Lipinski definition) is 1. The van der Waals surface area contributed by atoms with Gasteiger partial charge in [-0.15, -0.1) is 11.3 Å². The Labute approximate surface area is 188 Å². The van der Waals surface area contributed by atoms with Gasteiger partial charge in [0, 0.05) is 0 Å². The van der Waals surface area contributed by atoms with Gasteiger partial charge in [0.2, 0.25) is 5.91 Å². The minimum atomic E-state index is -0.522. The van der Waals surface area contributed by atoms with Crippen LogP contribution < -0.4 is 5.32 Å². The molecule has 4 saturated carbocycles. The summed E-state index contributed by atoms with van der Waals surface area (Å²) in [6.07, 6.45) is 6.29. The van der Waals surface area contributed by atoms with E-state index in [0.29, 0.717) is 21.4 Å². The molecule has 1 aromatic heterocycles. The summed E-state index contributed by atoms with van der Waals surface area (Å²) in [6, 6.07) is 0. The molecule has 0 aliphatic heterocycles. The zero-order valence-corrected chi connectivity index (χ0v) is 20.0. The van der Waals surface area contributed by atoms with E-state index in [4.69, 9.17) is 9.47 Å². The third-order valence-corrected chi connectivity index (χ3v) is 8.61. The predicted molar refractivity (Wildman–Crippen MR) is 119 cm³/mol. The number of amides is 1. The highest BCUT2D eigenvalue weighted by atomic mass is 32.1. The first-order valence-corrected chi connectivity index (χ1v) is 12.1. The van der Waals surface area contributed by atoms with Crippen LogP contribution in [0.25, 0.3) is 0 Å². The molecule has 1 aromatic rings. The van der Waals surface area contributed by atoms with Crippen molar-refractivity contribution in [1.29, 1.82) is 0 Å². The zero-order valence-electron chi connectivity index (χ0n) is 19.2. The first-order chi connectivity index (χ1) is 14.5. The molecule has 4 aliphatic carbocycles. The van der Waals surface area contributed by atoms with Crippen molar-refractivity contribution in [3.63, 3.8) is 0 Å². The summed E-state index contributed by atoms with van der Waals surface area (Å²) in [5.41, 5.74) is 0.775. The van der Waals surface area contributed by atoms with Crippen LogP contribution in [0.2, 0.25) is 0 Å². The molecule has 0 spiro atoms. The summed E-state index contributed by atoms with van der Waals surface area (Å²) in [6.45, 7) is 10.3. The molecular formula is C24H33NO5S. The molecule has 0 saturated heterocycles. The van der Waals surface area contributed by atoms with E-state index in [1.165, 1.54) is 19.3 Å². The van der Waals surface area contributed by atoms with E-state index in [-0.39, 0.29) is 35.5 Å². The highest BCUT2D eigenvalue weighted by Crippen LogP contribution is 2.69. The molecule has 4 bridgehead atoms. The van der Waals surface area contributed by atoms with Gasteiger partial charge in [-0.3, -0.25) is 4.79 Å². The fraction of sp³-hybridized carbons (Fsp3) is 0.708. The molecule has 170 valence electrons. The second-order valence-corrected chi connectivity index (χ2v) is 11.6. The molecule has 0 radical (unpaired) electrons. The lowest BCUT2D eigenvalue weighted by Crippen LogP contribution is -2.58. The number of carbonyl (C=O) groups excluding carboxylic acids is 3. The van der Waals surface area contributed by atoms with E-state index >= 15 is 0 Å². The summed E-state index contributed by atoms with van der Waals surface area (Å²) in [4.78, 5) is 39.2. The van der Waals surface area contributed by atoms with Crippen LogP contribution in [0.4, 0.5) is 5.00 Å². The lowest BCUT2D eigenvalue weighted by molar-refractivity contribution is -0.165. The molecule has 6 nitrogen and oxygen atoms in total. The van der Waals surface area contributed by atoms with Gasteiger partial charge in [-0.1, -0.05) is 13.8 Å². The average Bonchev–Trinajstić information content (AvgIpc) is 2.95. The third-order valence-electron chi connectivity index (χ3n) is 7.42. The molecule has 4 aliphatic rings. The van der Waals surface area contributed by atoms with Crippen LogP contribution in [0.15, 0.2) is 0 Å². The molecule has 4 fully saturated rings. The van der Waals surface area contributed by atoms with Crippen LogP contribution in [-0.2, 0) is 14.3 Å². The smallest absolute Gasteiger partial charge is 0.348 e. The van der Waals surface area contributed by atoms with Gasteiger partial charge in [-0.05, 0) is 81.6 Å². The largest absolute Gasteiger partial charge is 0.462 e. The van der Waals surface area contributed by atoms with Gasteiger partial charge in [0.15, 0.2) is 0 Å². The maximum Gasteiger partial charge on any atom is 0.348 e. The van der Waals surface area contributed by atoms with Crippen LogP contribution >= 0.6 is 11.3 Å². The first kappa shape index (κ1) is 22.3. The highest BCUT2D eigenvalue weighted by Gasteiger charge is 2.62. The minimum Gasteiger partial charge on any atom is -0.462 e. The minimum absolute atomic E-state index is 0.0174. The Morgan fingerprint density at radius 3 is 2.10 bits per heavy atom. The van der Waals surface area contributed by atoms with E-state index in [1.54, 1.807) is 20.8 Å². The van der Waals surface area contributed by atoms with Crippen molar-refractivity contribution in [3.8, 4) is 0 Å². The Bertz CT molecular complexity index is 917. The maximum absolute atomic E-state index is 13.7. The van der Waals surface area contributed by atoms with E-state index < -0.39 is 17.4 Å². The fourth-order valence-electron chi connectivity index (χ4n) is 7.38. The molecule has 31 heavy (non-hydrogen) atoms. The first-order valence-electron chi connectivity index (χ1n) is 11.3. The molecule has 2 unspecified atom stereocenters. The van der Waals surface area contributed by atoms with Gasteiger partial charge >= 0.3 is 11.9 Å². The standard InChI is InChI=1S/C24H33NO5S/c1-6-29-19(26)16-14(3)17(20(27)30-7-2)31-18(16)25-21(28)24-10-15-8-22(4,12-24)11-23(5,9-15)13-24/h15H,6-13H2,1-5H3,(H,25,28). The average molecular weight is 448 g/mol. The van der Waals surface area contributed by atoms with Crippen LogP contribution in [0, 0.1) is 29.1 Å².